The Hall–Kier alpha value is -0.450. The molecule has 0 radical (unpaired) electrons. The van der Waals surface area contributed by atoms with Crippen molar-refractivity contribution >= 4 is 15.9 Å². The lowest BCUT2D eigenvalue weighted by atomic mass is 9.76. The van der Waals surface area contributed by atoms with Gasteiger partial charge in [-0.3, -0.25) is 0 Å². The fourth-order valence-corrected chi connectivity index (χ4v) is 2.77. The third-order valence-electron chi connectivity index (χ3n) is 3.18. The number of rotatable bonds is 6. The van der Waals surface area contributed by atoms with E-state index >= 15 is 0 Å². The molecule has 0 fully saturated rings. The van der Waals surface area contributed by atoms with Crippen molar-refractivity contribution in [2.45, 2.75) is 26.7 Å². The average Bonchev–Trinajstić information content (AvgIpc) is 2.32. The van der Waals surface area contributed by atoms with Crippen LogP contribution in [-0.4, -0.2) is 18.3 Å². The van der Waals surface area contributed by atoms with Gasteiger partial charge in [-0.25, -0.2) is 4.39 Å². The lowest BCUT2D eigenvalue weighted by Crippen LogP contribution is -2.38. The smallest absolute Gasteiger partial charge is 0.126 e. The molecule has 2 nitrogen and oxygen atoms in total. The zero-order valence-corrected chi connectivity index (χ0v) is 12.5. The van der Waals surface area contributed by atoms with Crippen LogP contribution in [-0.2, 0) is 6.42 Å². The second-order valence-corrected chi connectivity index (χ2v) is 6.29. The molecule has 3 N–H and O–H groups in total. The van der Waals surface area contributed by atoms with Crippen LogP contribution >= 0.6 is 15.9 Å². The maximum Gasteiger partial charge on any atom is 0.126 e. The Morgan fingerprint density at radius 2 is 2.11 bits per heavy atom. The Morgan fingerprint density at radius 1 is 1.44 bits per heavy atom. The van der Waals surface area contributed by atoms with E-state index in [-0.39, 0.29) is 12.4 Å². The highest BCUT2D eigenvalue weighted by molar-refractivity contribution is 9.10. The van der Waals surface area contributed by atoms with Gasteiger partial charge >= 0.3 is 0 Å². The van der Waals surface area contributed by atoms with Gasteiger partial charge in [-0.2, -0.15) is 0 Å². The van der Waals surface area contributed by atoms with Gasteiger partial charge in [0.15, 0.2) is 0 Å². The van der Waals surface area contributed by atoms with E-state index in [9.17, 15) is 9.50 Å². The molecule has 1 unspecified atom stereocenters. The first kappa shape index (κ1) is 15.6. The van der Waals surface area contributed by atoms with E-state index in [0.29, 0.717) is 24.4 Å². The van der Waals surface area contributed by atoms with Crippen LogP contribution in [0.4, 0.5) is 4.39 Å². The van der Waals surface area contributed by atoms with Crippen molar-refractivity contribution in [2.24, 2.45) is 17.1 Å². The van der Waals surface area contributed by atoms with Crippen LogP contribution in [0.15, 0.2) is 22.7 Å². The second-order valence-electron chi connectivity index (χ2n) is 5.37. The molecule has 0 aliphatic rings. The summed E-state index contributed by atoms with van der Waals surface area (Å²) in [6.45, 7) is 4.50. The summed E-state index contributed by atoms with van der Waals surface area (Å²) in [5.74, 6) is 0.171. The van der Waals surface area contributed by atoms with Crippen molar-refractivity contribution in [3.05, 3.63) is 34.1 Å². The first-order chi connectivity index (χ1) is 8.42. The summed E-state index contributed by atoms with van der Waals surface area (Å²) < 4.78 is 14.6. The van der Waals surface area contributed by atoms with E-state index in [2.05, 4.69) is 29.8 Å². The SMILES string of the molecule is CC(C)CC(CN)(CO)Cc1cc(Br)ccc1F. The van der Waals surface area contributed by atoms with Crippen molar-refractivity contribution in [1.29, 1.82) is 0 Å². The monoisotopic (exact) mass is 317 g/mol. The molecule has 0 aliphatic carbocycles. The summed E-state index contributed by atoms with van der Waals surface area (Å²) in [6.07, 6.45) is 1.25. The average molecular weight is 318 g/mol. The summed E-state index contributed by atoms with van der Waals surface area (Å²) in [5.41, 5.74) is 5.98. The molecule has 0 saturated carbocycles. The van der Waals surface area contributed by atoms with Crippen LogP contribution in [0.5, 0.6) is 0 Å². The molecule has 0 spiro atoms. The van der Waals surface area contributed by atoms with Crippen LogP contribution in [0.3, 0.4) is 0 Å². The van der Waals surface area contributed by atoms with E-state index in [0.717, 1.165) is 10.9 Å². The maximum absolute atomic E-state index is 13.8. The highest BCUT2D eigenvalue weighted by Crippen LogP contribution is 2.31. The number of benzene rings is 1. The summed E-state index contributed by atoms with van der Waals surface area (Å²) in [5, 5.41) is 9.63. The Balaban J connectivity index is 2.98. The van der Waals surface area contributed by atoms with Crippen LogP contribution < -0.4 is 5.73 Å². The third-order valence-corrected chi connectivity index (χ3v) is 3.68. The van der Waals surface area contributed by atoms with Crippen molar-refractivity contribution in [3.8, 4) is 0 Å². The molecule has 1 rings (SSSR count). The Morgan fingerprint density at radius 3 is 2.61 bits per heavy atom. The van der Waals surface area contributed by atoms with Gasteiger partial charge in [0, 0.05) is 16.4 Å². The number of aliphatic hydroxyl groups excluding tert-OH is 1. The molecule has 1 aromatic rings. The summed E-state index contributed by atoms with van der Waals surface area (Å²) >= 11 is 3.34. The van der Waals surface area contributed by atoms with Crippen molar-refractivity contribution in [2.75, 3.05) is 13.2 Å². The Kier molecular flexibility index (Phi) is 5.76. The van der Waals surface area contributed by atoms with Gasteiger partial charge in [0.2, 0.25) is 0 Å². The number of aliphatic hydroxyl groups is 1. The topological polar surface area (TPSA) is 46.2 Å². The third kappa shape index (κ3) is 4.04. The molecule has 0 bridgehead atoms. The minimum atomic E-state index is -0.435. The Labute approximate surface area is 117 Å². The van der Waals surface area contributed by atoms with E-state index in [4.69, 9.17) is 5.73 Å². The molecular weight excluding hydrogens is 297 g/mol. The fourth-order valence-electron chi connectivity index (χ4n) is 2.36. The van der Waals surface area contributed by atoms with E-state index in [1.54, 1.807) is 12.1 Å². The molecule has 4 heteroatoms. The lowest BCUT2D eigenvalue weighted by molar-refractivity contribution is 0.107. The zero-order valence-electron chi connectivity index (χ0n) is 10.9. The zero-order chi connectivity index (χ0) is 13.8. The van der Waals surface area contributed by atoms with Gasteiger partial charge < -0.3 is 10.8 Å². The molecule has 0 aromatic heterocycles. The van der Waals surface area contributed by atoms with Crippen LogP contribution in [0.25, 0.3) is 0 Å². The molecule has 0 heterocycles. The quantitative estimate of drug-likeness (QED) is 0.846. The highest BCUT2D eigenvalue weighted by atomic mass is 79.9. The largest absolute Gasteiger partial charge is 0.396 e. The van der Waals surface area contributed by atoms with E-state index < -0.39 is 5.41 Å². The number of nitrogens with two attached hydrogens (primary N) is 1. The van der Waals surface area contributed by atoms with Gasteiger partial charge in [0.25, 0.3) is 0 Å². The minimum Gasteiger partial charge on any atom is -0.396 e. The van der Waals surface area contributed by atoms with Crippen molar-refractivity contribution < 1.29 is 9.50 Å². The number of hydrogen-bond acceptors (Lipinski definition) is 2. The first-order valence-electron chi connectivity index (χ1n) is 6.17. The number of halogens is 2. The maximum atomic E-state index is 13.8. The van der Waals surface area contributed by atoms with Crippen molar-refractivity contribution in [3.63, 3.8) is 0 Å². The normalized spacial score (nSPS) is 14.8. The van der Waals surface area contributed by atoms with Gasteiger partial charge in [-0.1, -0.05) is 29.8 Å². The molecule has 0 saturated heterocycles. The summed E-state index contributed by atoms with van der Waals surface area (Å²) in [4.78, 5) is 0. The van der Waals surface area contributed by atoms with Crippen molar-refractivity contribution in [1.82, 2.24) is 0 Å². The summed E-state index contributed by atoms with van der Waals surface area (Å²) in [7, 11) is 0. The van der Waals surface area contributed by atoms with E-state index in [1.807, 2.05) is 0 Å². The number of hydrogen-bond donors (Lipinski definition) is 2. The standard InChI is InChI=1S/C14H21BrFNO/c1-10(2)6-14(8-17,9-18)7-11-5-12(15)3-4-13(11)16/h3-5,10,18H,6-9,17H2,1-2H3. The predicted octanol–water partition coefficient (Wildman–Crippen LogP) is 3.11. The highest BCUT2D eigenvalue weighted by Gasteiger charge is 2.30. The van der Waals surface area contributed by atoms with Crippen LogP contribution in [0, 0.1) is 17.2 Å². The predicted molar refractivity (Wildman–Crippen MR) is 75.8 cm³/mol. The van der Waals surface area contributed by atoms with Gasteiger partial charge in [-0.15, -0.1) is 0 Å². The minimum absolute atomic E-state index is 0.0202. The van der Waals surface area contributed by atoms with E-state index in [1.165, 1.54) is 6.07 Å². The van der Waals surface area contributed by atoms with Crippen LogP contribution in [0.2, 0.25) is 0 Å². The Bertz CT molecular complexity index is 391. The molecule has 0 amide bonds. The molecule has 18 heavy (non-hydrogen) atoms. The molecule has 1 atom stereocenters. The first-order valence-corrected chi connectivity index (χ1v) is 6.96. The molecule has 1 aromatic carbocycles. The fraction of sp³-hybridized carbons (Fsp3) is 0.571. The van der Waals surface area contributed by atoms with Gasteiger partial charge in [0.1, 0.15) is 5.82 Å². The van der Waals surface area contributed by atoms with Crippen LogP contribution in [0.1, 0.15) is 25.8 Å². The lowest BCUT2D eigenvalue weighted by Gasteiger charge is -2.32. The molecule has 0 aliphatic heterocycles. The summed E-state index contributed by atoms with van der Waals surface area (Å²) in [6, 6.07) is 4.87. The van der Waals surface area contributed by atoms with Gasteiger partial charge in [-0.05, 0) is 42.5 Å². The molecule has 102 valence electrons. The van der Waals surface area contributed by atoms with Gasteiger partial charge in [0.05, 0.1) is 6.61 Å². The molecular formula is C14H21BrFNO. The second kappa shape index (κ2) is 6.64.